The normalized spacial score (nSPS) is 15.8. The van der Waals surface area contributed by atoms with Crippen molar-refractivity contribution in [2.45, 2.75) is 91.1 Å². The fourth-order valence-electron chi connectivity index (χ4n) is 5.21. The Morgan fingerprint density at radius 1 is 0.889 bits per heavy atom. The summed E-state index contributed by atoms with van der Waals surface area (Å²) < 4.78 is 25.9. The molecule has 0 aliphatic heterocycles. The number of carbonyl (C=O) groups is 2. The largest absolute Gasteiger partial charge is 0.493 e. The van der Waals surface area contributed by atoms with Crippen molar-refractivity contribution in [3.63, 3.8) is 0 Å². The van der Waals surface area contributed by atoms with Crippen LogP contribution in [-0.2, 0) is 9.98 Å². The third-order valence-electron chi connectivity index (χ3n) is 7.10. The number of benzene rings is 2. The van der Waals surface area contributed by atoms with Crippen molar-refractivity contribution in [2.24, 2.45) is 0 Å². The van der Waals surface area contributed by atoms with Crippen LogP contribution < -0.4 is 9.47 Å². The molecule has 1 saturated carbocycles. The lowest BCUT2D eigenvalue weighted by Gasteiger charge is -2.35. The average molecular weight is 512 g/mol. The molecule has 0 heterocycles. The standard InChI is InChI=1S/C30H40O5P/c1-8-34-23-14-13-15-24(35-9-2)26(23)27(31)30(16-11-10-12-17-30)36(33)28(32)25-20(3)18-22(19-21(25)4)29(5,6)7/h13-15,18-19H,8-12,16-17H2,1-7H3. The minimum atomic E-state index is -2.55. The van der Waals surface area contributed by atoms with E-state index < -0.39 is 18.5 Å². The number of ether oxygens (including phenoxy) is 2. The highest BCUT2D eigenvalue weighted by atomic mass is 31.1. The lowest BCUT2D eigenvalue weighted by atomic mass is 9.82. The fraction of sp³-hybridized carbons (Fsp3) is 0.533. The molecule has 6 heteroatoms. The summed E-state index contributed by atoms with van der Waals surface area (Å²) in [7, 11) is -2.55. The Kier molecular flexibility index (Phi) is 8.77. The third-order valence-corrected chi connectivity index (χ3v) is 9.12. The Balaban J connectivity index is 2.13. The van der Waals surface area contributed by atoms with Crippen molar-refractivity contribution >= 4 is 19.1 Å². The second-order valence-corrected chi connectivity index (χ2v) is 12.6. The van der Waals surface area contributed by atoms with Gasteiger partial charge in [-0.2, -0.15) is 0 Å². The molecule has 2 aromatic rings. The lowest BCUT2D eigenvalue weighted by Crippen LogP contribution is -2.39. The van der Waals surface area contributed by atoms with Gasteiger partial charge in [-0.3, -0.25) is 14.2 Å². The summed E-state index contributed by atoms with van der Waals surface area (Å²) in [6.07, 6.45) is 3.29. The molecule has 0 spiro atoms. The first kappa shape index (κ1) is 28.1. The van der Waals surface area contributed by atoms with Crippen LogP contribution in [-0.4, -0.2) is 29.7 Å². The third kappa shape index (κ3) is 5.42. The molecule has 1 fully saturated rings. The van der Waals surface area contributed by atoms with Gasteiger partial charge in [0.25, 0.3) is 0 Å². The quantitative estimate of drug-likeness (QED) is 0.252. The molecule has 1 atom stereocenters. The van der Waals surface area contributed by atoms with Crippen molar-refractivity contribution in [1.29, 1.82) is 0 Å². The molecule has 0 amide bonds. The van der Waals surface area contributed by atoms with Crippen molar-refractivity contribution < 1.29 is 23.6 Å². The summed E-state index contributed by atoms with van der Waals surface area (Å²) in [5.74, 6) is 0.526. The van der Waals surface area contributed by atoms with E-state index in [-0.39, 0.29) is 11.2 Å². The first-order valence-corrected chi connectivity index (χ1v) is 14.3. The summed E-state index contributed by atoms with van der Waals surface area (Å²) in [5.41, 5.74) is 3.01. The van der Waals surface area contributed by atoms with Crippen LogP contribution in [0.3, 0.4) is 0 Å². The minimum Gasteiger partial charge on any atom is -0.493 e. The number of Topliss-reactive ketones (excluding diaryl/α,β-unsaturated/α-hetero) is 1. The minimum absolute atomic E-state index is 0.0709. The van der Waals surface area contributed by atoms with Crippen LogP contribution in [0.15, 0.2) is 30.3 Å². The molecule has 1 radical (unpaired) electrons. The van der Waals surface area contributed by atoms with Crippen LogP contribution in [0.25, 0.3) is 0 Å². The molecule has 0 bridgehead atoms. The van der Waals surface area contributed by atoms with Crippen LogP contribution in [0.5, 0.6) is 11.5 Å². The van der Waals surface area contributed by atoms with Crippen LogP contribution in [0, 0.1) is 13.8 Å². The lowest BCUT2D eigenvalue weighted by molar-refractivity contribution is 0.0895. The SMILES string of the molecule is CCOc1cccc(OCC)c1C(=O)C1([P](=O)C(=O)c2c(C)cc(C(C)(C)C)cc2C)CCCCC1. The van der Waals surface area contributed by atoms with Gasteiger partial charge in [-0.05, 0) is 74.8 Å². The van der Waals surface area contributed by atoms with Crippen molar-refractivity contribution in [1.82, 2.24) is 0 Å². The Hall–Kier alpha value is -2.52. The fourth-order valence-corrected chi connectivity index (χ4v) is 7.17. The van der Waals surface area contributed by atoms with Crippen LogP contribution in [0.4, 0.5) is 0 Å². The van der Waals surface area contributed by atoms with Crippen molar-refractivity contribution in [3.05, 3.63) is 58.1 Å². The summed E-state index contributed by atoms with van der Waals surface area (Å²) in [6, 6.07) is 9.29. The van der Waals surface area contributed by atoms with Crippen LogP contribution in [0.2, 0.25) is 0 Å². The predicted octanol–water partition coefficient (Wildman–Crippen LogP) is 7.95. The van der Waals surface area contributed by atoms with E-state index in [9.17, 15) is 14.2 Å². The summed E-state index contributed by atoms with van der Waals surface area (Å²) in [6.45, 7) is 14.7. The maximum atomic E-state index is 14.3. The van der Waals surface area contributed by atoms with Gasteiger partial charge in [0.2, 0.25) is 5.52 Å². The molecule has 0 saturated heterocycles. The number of rotatable bonds is 9. The van der Waals surface area contributed by atoms with E-state index in [1.165, 1.54) is 0 Å². The second kappa shape index (κ2) is 11.3. The molecule has 0 N–H and O–H groups in total. The molecule has 1 unspecified atom stereocenters. The summed E-state index contributed by atoms with van der Waals surface area (Å²) in [4.78, 5) is 28.3. The predicted molar refractivity (Wildman–Crippen MR) is 145 cm³/mol. The second-order valence-electron chi connectivity index (χ2n) is 10.8. The number of hydrogen-bond acceptors (Lipinski definition) is 5. The van der Waals surface area contributed by atoms with Gasteiger partial charge in [-0.25, -0.2) is 0 Å². The van der Waals surface area contributed by atoms with Gasteiger partial charge >= 0.3 is 0 Å². The van der Waals surface area contributed by atoms with E-state index in [0.717, 1.165) is 36.0 Å². The first-order valence-electron chi connectivity index (χ1n) is 13.0. The zero-order chi connectivity index (χ0) is 26.7. The van der Waals surface area contributed by atoms with Gasteiger partial charge < -0.3 is 9.47 Å². The van der Waals surface area contributed by atoms with Gasteiger partial charge in [-0.1, -0.05) is 58.2 Å². The van der Waals surface area contributed by atoms with E-state index in [1.54, 1.807) is 18.2 Å². The number of hydrogen-bond donors (Lipinski definition) is 0. The van der Waals surface area contributed by atoms with E-state index in [4.69, 9.17) is 9.47 Å². The molecule has 3 rings (SSSR count). The highest BCUT2D eigenvalue weighted by Crippen LogP contribution is 2.54. The Bertz CT molecular complexity index is 1110. The molecule has 36 heavy (non-hydrogen) atoms. The maximum Gasteiger partial charge on any atom is 0.243 e. The molecular formula is C30H40O5P. The van der Waals surface area contributed by atoms with Crippen LogP contribution in [0.1, 0.15) is 104 Å². The van der Waals surface area contributed by atoms with Gasteiger partial charge in [-0.15, -0.1) is 0 Å². The smallest absolute Gasteiger partial charge is 0.243 e. The number of aryl methyl sites for hydroxylation is 2. The number of carbonyl (C=O) groups excluding carboxylic acids is 2. The van der Waals surface area contributed by atoms with Gasteiger partial charge in [0.1, 0.15) is 22.2 Å². The van der Waals surface area contributed by atoms with Crippen LogP contribution >= 0.6 is 7.80 Å². The molecule has 2 aromatic carbocycles. The Morgan fingerprint density at radius 2 is 1.39 bits per heavy atom. The summed E-state index contributed by atoms with van der Waals surface area (Å²) >= 11 is 0. The van der Waals surface area contributed by atoms with Gasteiger partial charge in [0.05, 0.1) is 13.2 Å². The van der Waals surface area contributed by atoms with Gasteiger partial charge in [0, 0.05) is 5.56 Å². The molecule has 1 aliphatic carbocycles. The summed E-state index contributed by atoms with van der Waals surface area (Å²) in [5, 5.41) is -1.27. The highest BCUT2D eigenvalue weighted by Gasteiger charge is 2.50. The maximum absolute atomic E-state index is 14.3. The molecule has 5 nitrogen and oxygen atoms in total. The molecule has 0 aromatic heterocycles. The average Bonchev–Trinajstić information content (AvgIpc) is 2.83. The van der Waals surface area contributed by atoms with E-state index in [2.05, 4.69) is 20.8 Å². The van der Waals surface area contributed by atoms with Gasteiger partial charge in [0.15, 0.2) is 13.6 Å². The van der Waals surface area contributed by atoms with E-state index in [0.29, 0.717) is 48.7 Å². The Labute approximate surface area is 216 Å². The highest BCUT2D eigenvalue weighted by molar-refractivity contribution is 7.67. The first-order chi connectivity index (χ1) is 17.0. The Morgan fingerprint density at radius 3 is 1.83 bits per heavy atom. The molecule has 195 valence electrons. The molecule has 1 aliphatic rings. The monoisotopic (exact) mass is 511 g/mol. The zero-order valence-electron chi connectivity index (χ0n) is 22.8. The topological polar surface area (TPSA) is 69.7 Å². The van der Waals surface area contributed by atoms with E-state index in [1.807, 2.05) is 39.8 Å². The van der Waals surface area contributed by atoms with E-state index >= 15 is 0 Å². The number of ketones is 1. The molecular weight excluding hydrogens is 471 g/mol. The zero-order valence-corrected chi connectivity index (χ0v) is 23.7. The van der Waals surface area contributed by atoms with Crippen molar-refractivity contribution in [2.75, 3.05) is 13.2 Å². The van der Waals surface area contributed by atoms with Crippen molar-refractivity contribution in [3.8, 4) is 11.5 Å².